The largest absolute Gasteiger partial charge is 0.455 e. The minimum Gasteiger partial charge on any atom is -0.455 e. The number of fused-ring (bicyclic) bond motifs is 8. The highest BCUT2D eigenvalue weighted by Crippen LogP contribution is 2.42. The van der Waals surface area contributed by atoms with Crippen molar-refractivity contribution in [2.75, 3.05) is 0 Å². The lowest BCUT2D eigenvalue weighted by atomic mass is 9.95. The first-order chi connectivity index (χ1) is 24.3. The summed E-state index contributed by atoms with van der Waals surface area (Å²) in [6.07, 6.45) is 0. The van der Waals surface area contributed by atoms with Gasteiger partial charge in [0.25, 0.3) is 0 Å². The average Bonchev–Trinajstić information content (AvgIpc) is 3.57. The van der Waals surface area contributed by atoms with Crippen LogP contribution < -0.4 is 0 Å². The zero-order valence-corrected chi connectivity index (χ0v) is 26.3. The van der Waals surface area contributed by atoms with Crippen molar-refractivity contribution in [3.8, 4) is 45.3 Å². The quantitative estimate of drug-likeness (QED) is 0.183. The number of para-hydroxylation sites is 1. The van der Waals surface area contributed by atoms with Crippen molar-refractivity contribution in [2.45, 2.75) is 0 Å². The Balaban J connectivity index is 1.26. The number of nitrogens with zero attached hydrogens (tertiary/aromatic N) is 3. The molecule has 0 N–H and O–H groups in total. The molecule has 0 aliphatic rings. The molecule has 10 aromatic rings. The van der Waals surface area contributed by atoms with Gasteiger partial charge in [-0.05, 0) is 56.3 Å². The van der Waals surface area contributed by atoms with Gasteiger partial charge in [0.15, 0.2) is 17.5 Å². The van der Waals surface area contributed by atoms with Crippen LogP contribution in [-0.2, 0) is 0 Å². The molecule has 0 saturated carbocycles. The Labute approximate surface area is 282 Å². The Bertz CT molecular complexity index is 2880. The Kier molecular flexibility index (Phi) is 6.15. The molecule has 0 aliphatic carbocycles. The highest BCUT2D eigenvalue weighted by atomic mass is 16.3. The maximum Gasteiger partial charge on any atom is 0.167 e. The second-order valence-electron chi connectivity index (χ2n) is 12.4. The van der Waals surface area contributed by atoms with E-state index >= 15 is 0 Å². The van der Waals surface area contributed by atoms with Crippen LogP contribution >= 0.6 is 0 Å². The molecule has 0 unspecified atom stereocenters. The summed E-state index contributed by atoms with van der Waals surface area (Å²) in [7, 11) is 0. The first-order valence-electron chi connectivity index (χ1n) is 16.5. The van der Waals surface area contributed by atoms with E-state index in [-0.39, 0.29) is 0 Å². The minimum atomic E-state index is 0.568. The third-order valence-electron chi connectivity index (χ3n) is 9.51. The number of hydrogen-bond donors (Lipinski definition) is 0. The topological polar surface area (TPSA) is 51.8 Å². The van der Waals surface area contributed by atoms with Gasteiger partial charge in [0, 0.05) is 27.3 Å². The minimum absolute atomic E-state index is 0.568. The van der Waals surface area contributed by atoms with E-state index in [0.717, 1.165) is 60.2 Å². The highest BCUT2D eigenvalue weighted by Gasteiger charge is 2.21. The molecule has 0 fully saturated rings. The number of furan rings is 1. The van der Waals surface area contributed by atoms with Gasteiger partial charge in [0.05, 0.1) is 5.56 Å². The lowest BCUT2D eigenvalue weighted by Gasteiger charge is -2.12. The fourth-order valence-electron chi connectivity index (χ4n) is 7.22. The molecular formula is C45H27N3O. The number of rotatable bonds is 4. The fraction of sp³-hybridized carbons (Fsp3) is 0. The van der Waals surface area contributed by atoms with E-state index < -0.39 is 0 Å². The van der Waals surface area contributed by atoms with Gasteiger partial charge in [0.2, 0.25) is 0 Å². The molecular weight excluding hydrogens is 599 g/mol. The molecule has 0 bridgehead atoms. The Morgan fingerprint density at radius 3 is 1.59 bits per heavy atom. The number of aromatic nitrogens is 3. The van der Waals surface area contributed by atoms with Crippen LogP contribution in [0.15, 0.2) is 168 Å². The summed E-state index contributed by atoms with van der Waals surface area (Å²) in [6, 6.07) is 56.8. The average molecular weight is 626 g/mol. The summed E-state index contributed by atoms with van der Waals surface area (Å²) < 4.78 is 6.86. The van der Waals surface area contributed by atoms with Crippen LogP contribution in [0.25, 0.3) is 99.5 Å². The normalized spacial score (nSPS) is 11.7. The van der Waals surface area contributed by atoms with E-state index in [9.17, 15) is 0 Å². The number of hydrogen-bond acceptors (Lipinski definition) is 4. The maximum atomic E-state index is 6.86. The third kappa shape index (κ3) is 4.42. The smallest absolute Gasteiger partial charge is 0.167 e. The van der Waals surface area contributed by atoms with E-state index in [1.165, 1.54) is 21.9 Å². The van der Waals surface area contributed by atoms with Crippen molar-refractivity contribution in [1.82, 2.24) is 15.0 Å². The predicted molar refractivity (Wildman–Crippen MR) is 201 cm³/mol. The third-order valence-corrected chi connectivity index (χ3v) is 9.51. The van der Waals surface area contributed by atoms with Crippen molar-refractivity contribution in [3.63, 3.8) is 0 Å². The molecule has 0 saturated heterocycles. The molecule has 4 nitrogen and oxygen atoms in total. The zero-order chi connectivity index (χ0) is 32.3. The summed E-state index contributed by atoms with van der Waals surface area (Å²) in [4.78, 5) is 15.4. The van der Waals surface area contributed by atoms with Crippen molar-refractivity contribution >= 4 is 54.3 Å². The van der Waals surface area contributed by atoms with Crippen LogP contribution in [0.4, 0.5) is 0 Å². The van der Waals surface area contributed by atoms with E-state index in [1.807, 2.05) is 30.3 Å². The summed E-state index contributed by atoms with van der Waals surface area (Å²) in [5.74, 6) is 1.80. The van der Waals surface area contributed by atoms with Crippen LogP contribution in [0.5, 0.6) is 0 Å². The predicted octanol–water partition coefficient (Wildman–Crippen LogP) is 11.9. The van der Waals surface area contributed by atoms with E-state index in [0.29, 0.717) is 17.5 Å². The molecule has 0 amide bonds. The van der Waals surface area contributed by atoms with Crippen LogP contribution in [0.3, 0.4) is 0 Å². The molecule has 2 aromatic heterocycles. The Hall–Kier alpha value is -6.65. The first kappa shape index (κ1) is 27.5. The van der Waals surface area contributed by atoms with Gasteiger partial charge in [-0.25, -0.2) is 15.0 Å². The Morgan fingerprint density at radius 1 is 0.306 bits per heavy atom. The molecule has 0 spiro atoms. The zero-order valence-electron chi connectivity index (χ0n) is 26.3. The maximum absolute atomic E-state index is 6.86. The molecule has 8 aromatic carbocycles. The molecule has 0 aliphatic heterocycles. The lowest BCUT2D eigenvalue weighted by molar-refractivity contribution is 0.673. The SMILES string of the molecule is c1ccc(-c2nc(-c3cc4ccccc4c4ccccc34)nc(-c3cccc4c3oc3c5ccccc5c(-c5ccccc5)cc43)n2)cc1. The van der Waals surface area contributed by atoms with E-state index in [1.54, 1.807) is 0 Å². The van der Waals surface area contributed by atoms with E-state index in [2.05, 4.69) is 133 Å². The van der Waals surface area contributed by atoms with E-state index in [4.69, 9.17) is 19.4 Å². The molecule has 49 heavy (non-hydrogen) atoms. The molecule has 4 heteroatoms. The summed E-state index contributed by atoms with van der Waals surface area (Å²) in [5.41, 5.74) is 6.67. The van der Waals surface area contributed by atoms with Crippen LogP contribution in [0.2, 0.25) is 0 Å². The van der Waals surface area contributed by atoms with Gasteiger partial charge in [-0.1, -0.05) is 146 Å². The second kappa shape index (κ2) is 11.0. The molecule has 0 atom stereocenters. The standard InChI is InChI=1S/C45H27N3O/c1-3-14-28(15-4-1)38-27-39-36-24-13-25-37(41(36)49-42(39)35-23-12-11-22-34(35)38)44-46-43(29-16-5-2-6-17-29)47-45(48-44)40-26-30-18-7-8-19-31(30)32-20-9-10-21-33(32)40/h1-27H. The summed E-state index contributed by atoms with van der Waals surface area (Å²) >= 11 is 0. The van der Waals surface area contributed by atoms with Crippen LogP contribution in [0.1, 0.15) is 0 Å². The molecule has 0 radical (unpaired) electrons. The molecule has 10 rings (SSSR count). The Morgan fingerprint density at radius 2 is 0.837 bits per heavy atom. The highest BCUT2D eigenvalue weighted by molar-refractivity contribution is 6.20. The summed E-state index contributed by atoms with van der Waals surface area (Å²) in [5, 5.41) is 8.91. The van der Waals surface area contributed by atoms with Gasteiger partial charge >= 0.3 is 0 Å². The van der Waals surface area contributed by atoms with Crippen LogP contribution in [0, 0.1) is 0 Å². The van der Waals surface area contributed by atoms with Crippen molar-refractivity contribution in [3.05, 3.63) is 164 Å². The monoisotopic (exact) mass is 625 g/mol. The fourth-order valence-corrected chi connectivity index (χ4v) is 7.22. The van der Waals surface area contributed by atoms with Gasteiger partial charge in [-0.15, -0.1) is 0 Å². The molecule has 2 heterocycles. The van der Waals surface area contributed by atoms with Gasteiger partial charge in [-0.2, -0.15) is 0 Å². The van der Waals surface area contributed by atoms with Crippen molar-refractivity contribution in [2.24, 2.45) is 0 Å². The van der Waals surface area contributed by atoms with Gasteiger partial charge in [0.1, 0.15) is 11.2 Å². The van der Waals surface area contributed by atoms with Crippen molar-refractivity contribution in [1.29, 1.82) is 0 Å². The van der Waals surface area contributed by atoms with Gasteiger partial charge < -0.3 is 4.42 Å². The number of benzene rings is 8. The van der Waals surface area contributed by atoms with Gasteiger partial charge in [-0.3, -0.25) is 0 Å². The van der Waals surface area contributed by atoms with Crippen molar-refractivity contribution < 1.29 is 4.42 Å². The first-order valence-corrected chi connectivity index (χ1v) is 16.5. The lowest BCUT2D eigenvalue weighted by Crippen LogP contribution is -2.01. The second-order valence-corrected chi connectivity index (χ2v) is 12.4. The van der Waals surface area contributed by atoms with Crippen LogP contribution in [-0.4, -0.2) is 15.0 Å². The summed E-state index contributed by atoms with van der Waals surface area (Å²) in [6.45, 7) is 0. The molecule has 228 valence electrons.